The van der Waals surface area contributed by atoms with Gasteiger partial charge in [0.1, 0.15) is 0 Å². The normalized spacial score (nSPS) is 17.1. The molecule has 1 rings (SSSR count). The summed E-state index contributed by atoms with van der Waals surface area (Å²) in [5.74, 6) is 0.810. The Morgan fingerprint density at radius 1 is 1.31 bits per heavy atom. The Morgan fingerprint density at radius 2 is 2.00 bits per heavy atom. The number of thiophene rings is 1. The second-order valence-electron chi connectivity index (χ2n) is 4.68. The van der Waals surface area contributed by atoms with Crippen LogP contribution in [-0.2, 0) is 0 Å². The molecule has 0 saturated carbocycles. The first-order valence-corrected chi connectivity index (χ1v) is 7.65. The Labute approximate surface area is 112 Å². The molecule has 92 valence electrons. The van der Waals surface area contributed by atoms with E-state index in [0.29, 0.717) is 12.1 Å². The third kappa shape index (κ3) is 4.56. The Morgan fingerprint density at radius 3 is 2.50 bits per heavy atom. The number of hydrogen-bond acceptors (Lipinski definition) is 2. The van der Waals surface area contributed by atoms with E-state index in [4.69, 9.17) is 0 Å². The zero-order chi connectivity index (χ0) is 12.1. The molecule has 0 saturated heterocycles. The fraction of sp³-hybridized carbons (Fsp3) is 0.692. The highest BCUT2D eigenvalue weighted by Gasteiger charge is 2.13. The Hall–Kier alpha value is 0.140. The second-order valence-corrected chi connectivity index (χ2v) is 7.17. The van der Waals surface area contributed by atoms with Gasteiger partial charge in [-0.1, -0.05) is 20.3 Å². The van der Waals surface area contributed by atoms with Crippen molar-refractivity contribution in [3.8, 4) is 0 Å². The lowest BCUT2D eigenvalue weighted by Crippen LogP contribution is -2.29. The fourth-order valence-corrected chi connectivity index (χ4v) is 3.34. The topological polar surface area (TPSA) is 12.0 Å². The van der Waals surface area contributed by atoms with Gasteiger partial charge in [-0.05, 0) is 54.2 Å². The molecule has 0 aliphatic rings. The lowest BCUT2D eigenvalue weighted by atomic mass is 10.00. The summed E-state index contributed by atoms with van der Waals surface area (Å²) < 4.78 is 1.21. The molecule has 1 aromatic heterocycles. The Balaban J connectivity index is 2.42. The molecule has 3 unspecified atom stereocenters. The summed E-state index contributed by atoms with van der Waals surface area (Å²) in [5.41, 5.74) is 0. The maximum atomic E-state index is 3.66. The third-order valence-electron chi connectivity index (χ3n) is 3.01. The average molecular weight is 304 g/mol. The van der Waals surface area contributed by atoms with E-state index in [-0.39, 0.29) is 0 Å². The van der Waals surface area contributed by atoms with E-state index < -0.39 is 0 Å². The zero-order valence-corrected chi connectivity index (χ0v) is 13.0. The maximum Gasteiger partial charge on any atom is 0.0701 e. The summed E-state index contributed by atoms with van der Waals surface area (Å²) in [4.78, 5) is 1.41. The van der Waals surface area contributed by atoms with Gasteiger partial charge >= 0.3 is 0 Å². The molecule has 0 fully saturated rings. The lowest BCUT2D eigenvalue weighted by molar-refractivity contribution is 0.387. The third-order valence-corrected chi connectivity index (χ3v) is 4.81. The molecule has 3 atom stereocenters. The number of halogens is 1. The minimum absolute atomic E-state index is 0.454. The van der Waals surface area contributed by atoms with E-state index in [9.17, 15) is 0 Å². The van der Waals surface area contributed by atoms with E-state index in [2.05, 4.69) is 61.1 Å². The molecule has 0 aliphatic carbocycles. The van der Waals surface area contributed by atoms with Gasteiger partial charge in [0, 0.05) is 17.0 Å². The molecule has 1 heterocycles. The van der Waals surface area contributed by atoms with Gasteiger partial charge in [-0.25, -0.2) is 0 Å². The van der Waals surface area contributed by atoms with Crippen molar-refractivity contribution in [3.05, 3.63) is 20.8 Å². The average Bonchev–Trinajstić information content (AvgIpc) is 2.64. The van der Waals surface area contributed by atoms with Crippen LogP contribution >= 0.6 is 27.3 Å². The highest BCUT2D eigenvalue weighted by molar-refractivity contribution is 9.11. The first-order chi connectivity index (χ1) is 7.52. The Bertz CT molecular complexity index is 311. The summed E-state index contributed by atoms with van der Waals surface area (Å²) in [7, 11) is 0. The first kappa shape index (κ1) is 14.2. The molecule has 0 amide bonds. The summed E-state index contributed by atoms with van der Waals surface area (Å²) in [5, 5.41) is 3.66. The van der Waals surface area contributed by atoms with Gasteiger partial charge in [-0.2, -0.15) is 0 Å². The van der Waals surface area contributed by atoms with Crippen LogP contribution in [0, 0.1) is 5.92 Å². The van der Waals surface area contributed by atoms with E-state index in [0.717, 1.165) is 5.92 Å². The molecule has 1 nitrogen and oxygen atoms in total. The number of hydrogen-bond donors (Lipinski definition) is 1. The maximum absolute atomic E-state index is 3.66. The molecule has 0 aromatic carbocycles. The van der Waals surface area contributed by atoms with Crippen LogP contribution in [0.25, 0.3) is 0 Å². The van der Waals surface area contributed by atoms with Gasteiger partial charge in [0.05, 0.1) is 3.79 Å². The molecule has 16 heavy (non-hydrogen) atoms. The van der Waals surface area contributed by atoms with Crippen molar-refractivity contribution < 1.29 is 0 Å². The van der Waals surface area contributed by atoms with Crippen LogP contribution in [0.4, 0.5) is 0 Å². The van der Waals surface area contributed by atoms with Gasteiger partial charge in [-0.15, -0.1) is 11.3 Å². The van der Waals surface area contributed by atoms with Gasteiger partial charge in [-0.3, -0.25) is 0 Å². The van der Waals surface area contributed by atoms with E-state index in [1.165, 1.54) is 21.5 Å². The minimum Gasteiger partial charge on any atom is -0.307 e. The predicted molar refractivity (Wildman–Crippen MR) is 77.1 cm³/mol. The standard InChI is InChI=1S/C13H22BrNS/c1-5-9(2)8-10(3)15-11(4)12-6-7-13(14)16-12/h6-7,9-11,15H,5,8H2,1-4H3. The molecule has 0 radical (unpaired) electrons. The first-order valence-electron chi connectivity index (χ1n) is 6.04. The van der Waals surface area contributed by atoms with Crippen molar-refractivity contribution in [2.24, 2.45) is 5.92 Å². The molecular weight excluding hydrogens is 282 g/mol. The summed E-state index contributed by atoms with van der Waals surface area (Å²) in [6.07, 6.45) is 2.53. The van der Waals surface area contributed by atoms with Crippen molar-refractivity contribution >= 4 is 27.3 Å². The van der Waals surface area contributed by atoms with E-state index in [1.807, 2.05) is 11.3 Å². The van der Waals surface area contributed by atoms with Gasteiger partial charge < -0.3 is 5.32 Å². The van der Waals surface area contributed by atoms with Crippen LogP contribution in [0.3, 0.4) is 0 Å². The van der Waals surface area contributed by atoms with Gasteiger partial charge in [0.2, 0.25) is 0 Å². The quantitative estimate of drug-likeness (QED) is 0.781. The highest BCUT2D eigenvalue weighted by Crippen LogP contribution is 2.27. The SMILES string of the molecule is CCC(C)CC(C)NC(C)c1ccc(Br)s1. The smallest absolute Gasteiger partial charge is 0.0701 e. The molecule has 0 aliphatic heterocycles. The highest BCUT2D eigenvalue weighted by atomic mass is 79.9. The molecule has 0 bridgehead atoms. The lowest BCUT2D eigenvalue weighted by Gasteiger charge is -2.21. The van der Waals surface area contributed by atoms with Gasteiger partial charge in [0.25, 0.3) is 0 Å². The van der Waals surface area contributed by atoms with Crippen molar-refractivity contribution in [1.82, 2.24) is 5.32 Å². The van der Waals surface area contributed by atoms with Crippen LogP contribution in [0.1, 0.15) is 51.5 Å². The minimum atomic E-state index is 0.454. The van der Waals surface area contributed by atoms with Crippen LogP contribution in [-0.4, -0.2) is 6.04 Å². The number of nitrogens with one attached hydrogen (secondary N) is 1. The number of rotatable bonds is 6. The molecular formula is C13H22BrNS. The van der Waals surface area contributed by atoms with Crippen molar-refractivity contribution in [2.75, 3.05) is 0 Å². The van der Waals surface area contributed by atoms with Gasteiger partial charge in [0.15, 0.2) is 0 Å². The van der Waals surface area contributed by atoms with Crippen LogP contribution in [0.5, 0.6) is 0 Å². The molecule has 1 aromatic rings. The van der Waals surface area contributed by atoms with Crippen LogP contribution in [0.2, 0.25) is 0 Å². The largest absolute Gasteiger partial charge is 0.307 e. The Kier molecular flexibility index (Phi) is 6.01. The van der Waals surface area contributed by atoms with Crippen LogP contribution in [0.15, 0.2) is 15.9 Å². The summed E-state index contributed by atoms with van der Waals surface area (Å²) in [6, 6.07) is 5.36. The van der Waals surface area contributed by atoms with E-state index >= 15 is 0 Å². The van der Waals surface area contributed by atoms with Crippen molar-refractivity contribution in [2.45, 2.75) is 52.6 Å². The predicted octanol–water partition coefficient (Wildman–Crippen LogP) is 4.99. The molecule has 3 heteroatoms. The van der Waals surface area contributed by atoms with Crippen molar-refractivity contribution in [3.63, 3.8) is 0 Å². The zero-order valence-electron chi connectivity index (χ0n) is 10.6. The second kappa shape index (κ2) is 6.77. The summed E-state index contributed by atoms with van der Waals surface area (Å²) in [6.45, 7) is 9.11. The summed E-state index contributed by atoms with van der Waals surface area (Å²) >= 11 is 5.33. The fourth-order valence-electron chi connectivity index (χ4n) is 1.91. The molecule has 1 N–H and O–H groups in total. The van der Waals surface area contributed by atoms with Crippen molar-refractivity contribution in [1.29, 1.82) is 0 Å². The van der Waals surface area contributed by atoms with Crippen LogP contribution < -0.4 is 5.32 Å². The van der Waals surface area contributed by atoms with E-state index in [1.54, 1.807) is 0 Å². The monoisotopic (exact) mass is 303 g/mol. The molecule has 0 spiro atoms.